The monoisotopic (exact) mass is 495 g/mol. The molecule has 35 heavy (non-hydrogen) atoms. The van der Waals surface area contributed by atoms with Crippen molar-refractivity contribution in [3.63, 3.8) is 0 Å². The summed E-state index contributed by atoms with van der Waals surface area (Å²) in [5.41, 5.74) is 1.27. The molecule has 3 N–H and O–H groups in total. The van der Waals surface area contributed by atoms with Crippen LogP contribution in [0.25, 0.3) is 0 Å². The lowest BCUT2D eigenvalue weighted by Gasteiger charge is -2.20. The van der Waals surface area contributed by atoms with Gasteiger partial charge in [0.1, 0.15) is 4.88 Å². The van der Waals surface area contributed by atoms with E-state index < -0.39 is 12.0 Å². The van der Waals surface area contributed by atoms with Crippen molar-refractivity contribution >= 4 is 34.4 Å². The first kappa shape index (κ1) is 25.4. The van der Waals surface area contributed by atoms with E-state index in [9.17, 15) is 14.4 Å². The third kappa shape index (κ3) is 7.94. The molecule has 0 aliphatic heterocycles. The van der Waals surface area contributed by atoms with Crippen molar-refractivity contribution in [3.8, 4) is 6.07 Å². The smallest absolute Gasteiger partial charge is 0.324 e. The lowest BCUT2D eigenvalue weighted by molar-refractivity contribution is -0.137. The Kier molecular flexibility index (Phi) is 9.32. The molecule has 0 saturated heterocycles. The Morgan fingerprint density at radius 2 is 1.91 bits per heavy atom. The highest BCUT2D eigenvalue weighted by Gasteiger charge is 2.21. The van der Waals surface area contributed by atoms with Gasteiger partial charge in [0, 0.05) is 38.4 Å². The van der Waals surface area contributed by atoms with Crippen LogP contribution >= 0.6 is 11.3 Å². The van der Waals surface area contributed by atoms with Crippen molar-refractivity contribution in [2.24, 2.45) is 0 Å². The van der Waals surface area contributed by atoms with E-state index >= 15 is 0 Å². The topological polar surface area (TPSA) is 153 Å². The van der Waals surface area contributed by atoms with Gasteiger partial charge < -0.3 is 20.3 Å². The van der Waals surface area contributed by atoms with E-state index in [0.29, 0.717) is 22.1 Å². The van der Waals surface area contributed by atoms with Gasteiger partial charge in [0.25, 0.3) is 5.91 Å². The number of anilines is 1. The van der Waals surface area contributed by atoms with E-state index in [1.165, 1.54) is 11.1 Å². The summed E-state index contributed by atoms with van der Waals surface area (Å²) in [6.07, 6.45) is 7.66. The number of rotatable bonds is 12. The van der Waals surface area contributed by atoms with Crippen LogP contribution in [0.5, 0.6) is 0 Å². The van der Waals surface area contributed by atoms with Gasteiger partial charge in [0.15, 0.2) is 5.13 Å². The molecule has 2 heterocycles. The zero-order valence-corrected chi connectivity index (χ0v) is 19.7. The number of carbonyl (C=O) groups is 3. The highest BCUT2D eigenvalue weighted by molar-refractivity contribution is 7.17. The average molecular weight is 496 g/mol. The quantitative estimate of drug-likeness (QED) is 0.326. The number of benzene rings is 1. The van der Waals surface area contributed by atoms with Gasteiger partial charge >= 0.3 is 12.0 Å². The lowest BCUT2D eigenvalue weighted by atomic mass is 10.1. The van der Waals surface area contributed by atoms with Gasteiger partial charge in [-0.2, -0.15) is 5.26 Å². The third-order valence-electron chi connectivity index (χ3n) is 4.90. The standard InChI is InChI=1S/C23H25N7O4S/c24-13-17-4-6-18(7-5-17)15-30(22(34)27-8-1-3-20(31)32)23-28-14-19(35-23)21(33)26-9-2-11-29-12-10-25-16-29/h4-7,10,12,14,16H,1-3,8-9,11,15H2,(H,26,33)(H,27,34)(H,31,32). The second kappa shape index (κ2) is 12.9. The number of carboxylic acids is 1. The lowest BCUT2D eigenvalue weighted by Crippen LogP contribution is -2.40. The number of imidazole rings is 1. The molecule has 0 atom stereocenters. The molecule has 11 nitrogen and oxygen atoms in total. The molecule has 0 bridgehead atoms. The minimum atomic E-state index is -0.936. The van der Waals surface area contributed by atoms with Crippen LogP contribution in [0.4, 0.5) is 9.93 Å². The van der Waals surface area contributed by atoms with Crippen LogP contribution in [0.1, 0.15) is 40.1 Å². The summed E-state index contributed by atoms with van der Waals surface area (Å²) >= 11 is 1.08. The molecule has 12 heteroatoms. The summed E-state index contributed by atoms with van der Waals surface area (Å²) in [6.45, 7) is 1.55. The van der Waals surface area contributed by atoms with Crippen molar-refractivity contribution in [2.75, 3.05) is 18.0 Å². The van der Waals surface area contributed by atoms with Crippen molar-refractivity contribution in [2.45, 2.75) is 32.4 Å². The fourth-order valence-electron chi connectivity index (χ4n) is 3.09. The Labute approximate surface area is 206 Å². The second-order valence-electron chi connectivity index (χ2n) is 7.54. The molecule has 2 aromatic heterocycles. The Bertz CT molecular complexity index is 1170. The molecule has 1 aromatic carbocycles. The van der Waals surface area contributed by atoms with E-state index in [2.05, 4.69) is 20.6 Å². The van der Waals surface area contributed by atoms with E-state index in [1.807, 2.05) is 16.8 Å². The van der Waals surface area contributed by atoms with Crippen molar-refractivity contribution in [1.29, 1.82) is 5.26 Å². The number of thiazole rings is 1. The number of nitrogens with zero attached hydrogens (tertiary/aromatic N) is 5. The second-order valence-corrected chi connectivity index (χ2v) is 8.55. The van der Waals surface area contributed by atoms with Gasteiger partial charge in [-0.3, -0.25) is 14.5 Å². The van der Waals surface area contributed by atoms with E-state index in [-0.39, 0.29) is 31.8 Å². The molecule has 3 rings (SSSR count). The zero-order valence-electron chi connectivity index (χ0n) is 18.9. The fourth-order valence-corrected chi connectivity index (χ4v) is 3.92. The van der Waals surface area contributed by atoms with Crippen LogP contribution in [0.15, 0.2) is 49.2 Å². The van der Waals surface area contributed by atoms with E-state index in [4.69, 9.17) is 10.4 Å². The maximum atomic E-state index is 12.9. The summed E-state index contributed by atoms with van der Waals surface area (Å²) in [7, 11) is 0. The van der Waals surface area contributed by atoms with Crippen molar-refractivity contribution < 1.29 is 19.5 Å². The number of aliphatic carboxylic acids is 1. The number of amides is 3. The van der Waals surface area contributed by atoms with Gasteiger partial charge in [-0.15, -0.1) is 0 Å². The number of nitrogens with one attached hydrogen (secondary N) is 2. The predicted molar refractivity (Wildman–Crippen MR) is 129 cm³/mol. The normalized spacial score (nSPS) is 10.4. The molecule has 0 aliphatic carbocycles. The number of aryl methyl sites for hydroxylation is 1. The minimum absolute atomic E-state index is 0.0572. The Balaban J connectivity index is 1.64. The maximum absolute atomic E-state index is 12.9. The number of hydrogen-bond donors (Lipinski definition) is 3. The number of hydrogen-bond acceptors (Lipinski definition) is 7. The molecule has 3 amide bonds. The van der Waals surface area contributed by atoms with E-state index in [1.54, 1.807) is 36.8 Å². The highest BCUT2D eigenvalue weighted by Crippen LogP contribution is 2.24. The number of urea groups is 1. The van der Waals surface area contributed by atoms with Crippen molar-refractivity contribution in [3.05, 3.63) is 65.2 Å². The average Bonchev–Trinajstić information content (AvgIpc) is 3.55. The Morgan fingerprint density at radius 1 is 1.14 bits per heavy atom. The van der Waals surface area contributed by atoms with Crippen LogP contribution in [-0.2, 0) is 17.9 Å². The van der Waals surface area contributed by atoms with Crippen molar-refractivity contribution in [1.82, 2.24) is 25.2 Å². The number of carbonyl (C=O) groups excluding carboxylic acids is 2. The molecular weight excluding hydrogens is 470 g/mol. The molecule has 3 aromatic rings. The minimum Gasteiger partial charge on any atom is -0.481 e. The highest BCUT2D eigenvalue weighted by atomic mass is 32.1. The molecule has 182 valence electrons. The Morgan fingerprint density at radius 3 is 2.60 bits per heavy atom. The summed E-state index contributed by atoms with van der Waals surface area (Å²) in [5.74, 6) is -1.21. The van der Waals surface area contributed by atoms with E-state index in [0.717, 1.165) is 29.9 Å². The third-order valence-corrected chi connectivity index (χ3v) is 5.92. The molecule has 0 spiro atoms. The number of aromatic nitrogens is 3. The molecule has 0 aliphatic rings. The fraction of sp³-hybridized carbons (Fsp3) is 0.304. The van der Waals surface area contributed by atoms with Crippen LogP contribution in [-0.4, -0.2) is 50.6 Å². The molecule has 0 saturated carbocycles. The van der Waals surface area contributed by atoms with Gasteiger partial charge in [0.05, 0.1) is 30.7 Å². The molecule has 0 unspecified atom stereocenters. The van der Waals surface area contributed by atoms with Crippen LogP contribution < -0.4 is 15.5 Å². The predicted octanol–water partition coefficient (Wildman–Crippen LogP) is 2.61. The SMILES string of the molecule is N#Cc1ccc(CN(C(=O)NCCCC(=O)O)c2ncc(C(=O)NCCCn3ccnc3)s2)cc1. The van der Waals surface area contributed by atoms with Gasteiger partial charge in [-0.05, 0) is 30.5 Å². The van der Waals surface area contributed by atoms with Crippen LogP contribution in [0.3, 0.4) is 0 Å². The number of nitriles is 1. The molecule has 0 fully saturated rings. The first-order valence-electron chi connectivity index (χ1n) is 10.9. The van der Waals surface area contributed by atoms with Gasteiger partial charge in [0.2, 0.25) is 0 Å². The maximum Gasteiger partial charge on any atom is 0.324 e. The largest absolute Gasteiger partial charge is 0.481 e. The summed E-state index contributed by atoms with van der Waals surface area (Å²) in [4.78, 5) is 46.2. The summed E-state index contributed by atoms with van der Waals surface area (Å²) < 4.78 is 1.92. The first-order valence-corrected chi connectivity index (χ1v) is 11.7. The number of carboxylic acid groups (broad SMARTS) is 1. The van der Waals surface area contributed by atoms with Gasteiger partial charge in [-0.1, -0.05) is 23.5 Å². The Hall–Kier alpha value is -4.24. The molecular formula is C23H25N7O4S. The van der Waals surface area contributed by atoms with Gasteiger partial charge in [-0.25, -0.2) is 14.8 Å². The van der Waals surface area contributed by atoms with Crippen LogP contribution in [0, 0.1) is 11.3 Å². The zero-order chi connectivity index (χ0) is 25.0. The first-order chi connectivity index (χ1) is 17.0. The summed E-state index contributed by atoms with van der Waals surface area (Å²) in [6, 6.07) is 8.39. The summed E-state index contributed by atoms with van der Waals surface area (Å²) in [5, 5.41) is 23.7. The van der Waals surface area contributed by atoms with Crippen LogP contribution in [0.2, 0.25) is 0 Å². The molecule has 0 radical (unpaired) electrons.